The van der Waals surface area contributed by atoms with E-state index in [1.807, 2.05) is 6.92 Å². The highest BCUT2D eigenvalue weighted by Crippen LogP contribution is 2.31. The summed E-state index contributed by atoms with van der Waals surface area (Å²) in [5.74, 6) is -0.711. The number of carbonyl (C=O) groups excluding carboxylic acids is 1. The molecule has 0 saturated heterocycles. The van der Waals surface area contributed by atoms with Crippen LogP contribution in [0, 0.1) is 0 Å². The zero-order valence-electron chi connectivity index (χ0n) is 9.95. The molecular weight excluding hydrogens is 335 g/mol. The summed E-state index contributed by atoms with van der Waals surface area (Å²) in [5.41, 5.74) is -0.0820. The molecule has 19 heavy (non-hydrogen) atoms. The molecule has 0 radical (unpaired) electrons. The Morgan fingerprint density at radius 3 is 2.42 bits per heavy atom. The molecule has 4 nitrogen and oxygen atoms in total. The van der Waals surface area contributed by atoms with E-state index in [1.165, 1.54) is 0 Å². The highest BCUT2D eigenvalue weighted by molar-refractivity contribution is 8.13. The molecule has 0 aliphatic rings. The van der Waals surface area contributed by atoms with Crippen molar-refractivity contribution in [3.63, 3.8) is 0 Å². The summed E-state index contributed by atoms with van der Waals surface area (Å²) < 4.78 is 27.5. The van der Waals surface area contributed by atoms with Gasteiger partial charge in [-0.05, 0) is 18.6 Å². The standard InChI is InChI=1S/C11H11Cl3O4S/c1-2-3-4-18-11(15)7-5-10(19(14,16)17)9(13)6-8(7)12/h5-6H,2-4H2,1H3. The SMILES string of the molecule is CCCCOC(=O)c1cc(S(=O)(=O)Cl)c(Cl)cc1Cl. The van der Waals surface area contributed by atoms with Crippen molar-refractivity contribution in [1.82, 2.24) is 0 Å². The molecule has 106 valence electrons. The Balaban J connectivity index is 3.11. The first kappa shape index (κ1) is 16.6. The summed E-state index contributed by atoms with van der Waals surface area (Å²) >= 11 is 11.6. The van der Waals surface area contributed by atoms with E-state index >= 15 is 0 Å². The number of rotatable bonds is 5. The lowest BCUT2D eigenvalue weighted by molar-refractivity contribution is 0.0499. The van der Waals surface area contributed by atoms with Gasteiger partial charge in [0, 0.05) is 10.7 Å². The predicted octanol–water partition coefficient (Wildman–Crippen LogP) is 3.88. The number of esters is 1. The lowest BCUT2D eigenvalue weighted by Crippen LogP contribution is -2.08. The van der Waals surface area contributed by atoms with E-state index in [9.17, 15) is 13.2 Å². The van der Waals surface area contributed by atoms with Gasteiger partial charge in [0.2, 0.25) is 0 Å². The van der Waals surface area contributed by atoms with Crippen molar-refractivity contribution < 1.29 is 17.9 Å². The summed E-state index contributed by atoms with van der Waals surface area (Å²) in [6.07, 6.45) is 1.57. The van der Waals surface area contributed by atoms with Crippen LogP contribution in [0.25, 0.3) is 0 Å². The minimum absolute atomic E-state index is 0.00978. The van der Waals surface area contributed by atoms with Crippen LogP contribution in [0.3, 0.4) is 0 Å². The molecule has 0 atom stereocenters. The summed E-state index contributed by atoms with van der Waals surface area (Å²) in [6, 6.07) is 2.16. The Hall–Kier alpha value is -0.490. The Labute approximate surface area is 126 Å². The van der Waals surface area contributed by atoms with Gasteiger partial charge in [0.25, 0.3) is 9.05 Å². The van der Waals surface area contributed by atoms with E-state index in [0.29, 0.717) is 6.42 Å². The average Bonchev–Trinajstić information content (AvgIpc) is 2.27. The van der Waals surface area contributed by atoms with E-state index in [0.717, 1.165) is 18.6 Å². The molecule has 0 amide bonds. The third-order valence-electron chi connectivity index (χ3n) is 2.24. The zero-order valence-corrected chi connectivity index (χ0v) is 13.0. The second-order valence-corrected chi connectivity index (χ2v) is 7.04. The third kappa shape index (κ3) is 4.53. The lowest BCUT2D eigenvalue weighted by Gasteiger charge is -2.08. The summed E-state index contributed by atoms with van der Waals surface area (Å²) in [4.78, 5) is 11.4. The van der Waals surface area contributed by atoms with Gasteiger partial charge in [-0.3, -0.25) is 0 Å². The minimum Gasteiger partial charge on any atom is -0.462 e. The van der Waals surface area contributed by atoms with Crippen LogP contribution < -0.4 is 0 Å². The van der Waals surface area contributed by atoms with Gasteiger partial charge in [-0.1, -0.05) is 36.5 Å². The number of unbranched alkanes of at least 4 members (excludes halogenated alkanes) is 1. The van der Waals surface area contributed by atoms with Gasteiger partial charge in [-0.2, -0.15) is 0 Å². The highest BCUT2D eigenvalue weighted by atomic mass is 35.7. The predicted molar refractivity (Wildman–Crippen MR) is 74.7 cm³/mol. The third-order valence-corrected chi connectivity index (χ3v) is 4.33. The van der Waals surface area contributed by atoms with Gasteiger partial charge in [0.1, 0.15) is 4.90 Å². The van der Waals surface area contributed by atoms with E-state index < -0.39 is 15.0 Å². The maximum Gasteiger partial charge on any atom is 0.339 e. The van der Waals surface area contributed by atoms with Crippen LogP contribution >= 0.6 is 33.9 Å². The van der Waals surface area contributed by atoms with E-state index in [1.54, 1.807) is 0 Å². The van der Waals surface area contributed by atoms with Gasteiger partial charge >= 0.3 is 5.97 Å². The molecule has 0 spiro atoms. The number of hydrogen-bond acceptors (Lipinski definition) is 4. The van der Waals surface area contributed by atoms with Crippen LogP contribution in [0.4, 0.5) is 0 Å². The van der Waals surface area contributed by atoms with Crippen molar-refractivity contribution >= 4 is 48.9 Å². The smallest absolute Gasteiger partial charge is 0.339 e. The topological polar surface area (TPSA) is 60.4 Å². The first-order valence-corrected chi connectivity index (χ1v) is 8.44. The zero-order chi connectivity index (χ0) is 14.6. The van der Waals surface area contributed by atoms with Gasteiger partial charge in [-0.15, -0.1) is 0 Å². The van der Waals surface area contributed by atoms with Crippen molar-refractivity contribution in [2.45, 2.75) is 24.7 Å². The fraction of sp³-hybridized carbons (Fsp3) is 0.364. The Morgan fingerprint density at radius 2 is 1.89 bits per heavy atom. The number of halogens is 3. The van der Waals surface area contributed by atoms with E-state index in [-0.39, 0.29) is 27.1 Å². The monoisotopic (exact) mass is 344 g/mol. The first-order chi connectivity index (χ1) is 8.77. The average molecular weight is 346 g/mol. The second-order valence-electron chi connectivity index (χ2n) is 3.69. The number of benzene rings is 1. The first-order valence-electron chi connectivity index (χ1n) is 5.38. The quantitative estimate of drug-likeness (QED) is 0.461. The lowest BCUT2D eigenvalue weighted by atomic mass is 10.2. The molecule has 8 heteroatoms. The number of carbonyl (C=O) groups is 1. The fourth-order valence-electron chi connectivity index (χ4n) is 1.26. The van der Waals surface area contributed by atoms with Crippen LogP contribution in [0.5, 0.6) is 0 Å². The van der Waals surface area contributed by atoms with Crippen molar-refractivity contribution in [2.75, 3.05) is 6.61 Å². The molecule has 1 aromatic carbocycles. The normalized spacial score (nSPS) is 11.4. The molecule has 0 unspecified atom stereocenters. The highest BCUT2D eigenvalue weighted by Gasteiger charge is 2.21. The minimum atomic E-state index is -4.06. The van der Waals surface area contributed by atoms with Gasteiger partial charge in [0.05, 0.1) is 22.2 Å². The van der Waals surface area contributed by atoms with E-state index in [4.69, 9.17) is 38.6 Å². The molecule has 0 aromatic heterocycles. The van der Waals surface area contributed by atoms with Crippen molar-refractivity contribution in [3.8, 4) is 0 Å². The van der Waals surface area contributed by atoms with Crippen LogP contribution in [0.1, 0.15) is 30.1 Å². The van der Waals surface area contributed by atoms with E-state index in [2.05, 4.69) is 0 Å². The van der Waals surface area contributed by atoms with Crippen LogP contribution in [0.15, 0.2) is 17.0 Å². The van der Waals surface area contributed by atoms with Gasteiger partial charge in [-0.25, -0.2) is 13.2 Å². The molecule has 0 aliphatic carbocycles. The molecule has 0 saturated carbocycles. The van der Waals surface area contributed by atoms with Gasteiger partial charge in [0.15, 0.2) is 0 Å². The van der Waals surface area contributed by atoms with Crippen molar-refractivity contribution in [1.29, 1.82) is 0 Å². The maximum absolute atomic E-state index is 11.7. The van der Waals surface area contributed by atoms with Crippen LogP contribution in [-0.2, 0) is 13.8 Å². The summed E-state index contributed by atoms with van der Waals surface area (Å²) in [7, 11) is 1.15. The van der Waals surface area contributed by atoms with Crippen LogP contribution in [0.2, 0.25) is 10.0 Å². The van der Waals surface area contributed by atoms with Crippen LogP contribution in [-0.4, -0.2) is 21.0 Å². The molecule has 0 bridgehead atoms. The molecule has 1 aromatic rings. The maximum atomic E-state index is 11.7. The second kappa shape index (κ2) is 6.79. The molecule has 0 fully saturated rings. The number of hydrogen-bond donors (Lipinski definition) is 0. The molecular formula is C11H11Cl3O4S. The molecule has 1 rings (SSSR count). The molecule has 0 aliphatic heterocycles. The molecule has 0 N–H and O–H groups in total. The van der Waals surface area contributed by atoms with Crippen molar-refractivity contribution in [3.05, 3.63) is 27.7 Å². The number of ether oxygens (including phenoxy) is 1. The molecule has 0 heterocycles. The Bertz CT molecular complexity index is 584. The fourth-order valence-corrected chi connectivity index (χ4v) is 3.08. The van der Waals surface area contributed by atoms with Gasteiger partial charge < -0.3 is 4.74 Å². The summed E-state index contributed by atoms with van der Waals surface area (Å²) in [5, 5.41) is -0.138. The largest absolute Gasteiger partial charge is 0.462 e. The van der Waals surface area contributed by atoms with Crippen molar-refractivity contribution in [2.24, 2.45) is 0 Å². The Morgan fingerprint density at radius 1 is 1.26 bits per heavy atom. The Kier molecular flexibility index (Phi) is 5.92. The summed E-state index contributed by atoms with van der Waals surface area (Å²) in [6.45, 7) is 2.18.